The van der Waals surface area contributed by atoms with Crippen molar-refractivity contribution < 1.29 is 4.79 Å². The number of thioether (sulfide) groups is 1. The Morgan fingerprint density at radius 1 is 1.62 bits per heavy atom. The van der Waals surface area contributed by atoms with E-state index >= 15 is 0 Å². The zero-order chi connectivity index (χ0) is 9.68. The lowest BCUT2D eigenvalue weighted by atomic mass is 10.3. The van der Waals surface area contributed by atoms with Gasteiger partial charge in [0, 0.05) is 35.8 Å². The molecule has 1 fully saturated rings. The van der Waals surface area contributed by atoms with Crippen LogP contribution in [0.3, 0.4) is 0 Å². The Morgan fingerprint density at radius 2 is 2.38 bits per heavy atom. The third kappa shape index (κ3) is 3.90. The summed E-state index contributed by atoms with van der Waals surface area (Å²) in [5.41, 5.74) is 0. The fourth-order valence-electron chi connectivity index (χ4n) is 1.39. The van der Waals surface area contributed by atoms with E-state index in [-0.39, 0.29) is 0 Å². The van der Waals surface area contributed by atoms with Crippen molar-refractivity contribution in [2.75, 3.05) is 24.2 Å². The van der Waals surface area contributed by atoms with Crippen LogP contribution in [0.4, 0.5) is 0 Å². The largest absolute Gasteiger partial charge is 0.342 e. The molecule has 0 spiro atoms. The molecule has 0 aromatic heterocycles. The van der Waals surface area contributed by atoms with Gasteiger partial charge in [-0.2, -0.15) is 11.8 Å². The lowest BCUT2D eigenvalue weighted by Crippen LogP contribution is -2.33. The fraction of sp³-hybridized carbons (Fsp3) is 0.889. The van der Waals surface area contributed by atoms with Crippen molar-refractivity contribution in [3.05, 3.63) is 0 Å². The molecule has 76 valence electrons. The zero-order valence-electron chi connectivity index (χ0n) is 7.96. The molecule has 0 saturated carbocycles. The van der Waals surface area contributed by atoms with Crippen LogP contribution in [0.2, 0.25) is 0 Å². The van der Waals surface area contributed by atoms with Crippen molar-refractivity contribution in [3.63, 3.8) is 0 Å². The third-order valence-electron chi connectivity index (χ3n) is 2.23. The molecule has 1 saturated heterocycles. The zero-order valence-corrected chi connectivity index (χ0v) is 10.4. The highest BCUT2D eigenvalue weighted by atomic mass is 79.9. The van der Waals surface area contributed by atoms with Crippen LogP contribution >= 0.6 is 27.7 Å². The molecular weight excluding hydrogens is 250 g/mol. The Bertz CT molecular complexity index is 177. The fourth-order valence-corrected chi connectivity index (χ4v) is 2.72. The summed E-state index contributed by atoms with van der Waals surface area (Å²) < 4.78 is 0. The van der Waals surface area contributed by atoms with Gasteiger partial charge in [0.25, 0.3) is 0 Å². The summed E-state index contributed by atoms with van der Waals surface area (Å²) in [5.74, 6) is 1.39. The first-order chi connectivity index (χ1) is 6.24. The number of halogens is 1. The van der Waals surface area contributed by atoms with Crippen molar-refractivity contribution >= 4 is 33.6 Å². The van der Waals surface area contributed by atoms with E-state index in [9.17, 15) is 4.79 Å². The highest BCUT2D eigenvalue weighted by Gasteiger charge is 2.17. The van der Waals surface area contributed by atoms with Crippen LogP contribution < -0.4 is 0 Å². The second-order valence-electron chi connectivity index (χ2n) is 3.29. The molecule has 1 amide bonds. The standard InChI is InChI=1S/C9H16BrNOS/c1-8-3-5-11(6-7-13-8)9(12)2-4-10/h8H,2-7H2,1H3. The summed E-state index contributed by atoms with van der Waals surface area (Å²) in [4.78, 5) is 13.5. The van der Waals surface area contributed by atoms with Gasteiger partial charge in [-0.25, -0.2) is 0 Å². The predicted molar refractivity (Wildman–Crippen MR) is 61.5 cm³/mol. The number of hydrogen-bond donors (Lipinski definition) is 0. The van der Waals surface area contributed by atoms with Crippen LogP contribution in [-0.4, -0.2) is 40.2 Å². The molecule has 0 aromatic rings. The number of rotatable bonds is 2. The minimum absolute atomic E-state index is 0.298. The number of alkyl halides is 1. The van der Waals surface area contributed by atoms with E-state index in [0.717, 1.165) is 30.6 Å². The van der Waals surface area contributed by atoms with Gasteiger partial charge in [0.1, 0.15) is 0 Å². The number of carbonyl (C=O) groups excluding carboxylic acids is 1. The van der Waals surface area contributed by atoms with Crippen LogP contribution in [0.15, 0.2) is 0 Å². The van der Waals surface area contributed by atoms with E-state index in [1.165, 1.54) is 0 Å². The quantitative estimate of drug-likeness (QED) is 0.714. The van der Waals surface area contributed by atoms with E-state index in [2.05, 4.69) is 22.9 Å². The number of carbonyl (C=O) groups is 1. The van der Waals surface area contributed by atoms with E-state index < -0.39 is 0 Å². The van der Waals surface area contributed by atoms with Gasteiger partial charge in [0.05, 0.1) is 0 Å². The molecule has 1 atom stereocenters. The van der Waals surface area contributed by atoms with Crippen molar-refractivity contribution in [1.29, 1.82) is 0 Å². The molecule has 0 aromatic carbocycles. The van der Waals surface area contributed by atoms with Crippen molar-refractivity contribution in [2.24, 2.45) is 0 Å². The summed E-state index contributed by atoms with van der Waals surface area (Å²) in [6, 6.07) is 0. The SMILES string of the molecule is CC1CCN(C(=O)CCBr)CCS1. The topological polar surface area (TPSA) is 20.3 Å². The lowest BCUT2D eigenvalue weighted by molar-refractivity contribution is -0.130. The maximum absolute atomic E-state index is 11.5. The van der Waals surface area contributed by atoms with Crippen LogP contribution in [0.5, 0.6) is 0 Å². The first-order valence-electron chi connectivity index (χ1n) is 4.69. The van der Waals surface area contributed by atoms with Gasteiger partial charge >= 0.3 is 0 Å². The molecular formula is C9H16BrNOS. The van der Waals surface area contributed by atoms with Gasteiger partial charge < -0.3 is 4.90 Å². The average molecular weight is 266 g/mol. The molecule has 1 aliphatic heterocycles. The highest BCUT2D eigenvalue weighted by Crippen LogP contribution is 2.18. The highest BCUT2D eigenvalue weighted by molar-refractivity contribution is 9.09. The molecule has 0 N–H and O–H groups in total. The van der Waals surface area contributed by atoms with E-state index in [1.807, 2.05) is 16.7 Å². The van der Waals surface area contributed by atoms with Crippen LogP contribution in [0.1, 0.15) is 19.8 Å². The molecule has 1 aliphatic rings. The van der Waals surface area contributed by atoms with Crippen molar-refractivity contribution in [2.45, 2.75) is 25.0 Å². The second-order valence-corrected chi connectivity index (χ2v) is 5.63. The molecule has 0 bridgehead atoms. The molecule has 1 unspecified atom stereocenters. The van der Waals surface area contributed by atoms with E-state index in [0.29, 0.717) is 17.6 Å². The van der Waals surface area contributed by atoms with Crippen LogP contribution in [0.25, 0.3) is 0 Å². The summed E-state index contributed by atoms with van der Waals surface area (Å²) >= 11 is 5.27. The third-order valence-corrected chi connectivity index (χ3v) is 3.85. The molecule has 1 heterocycles. The molecule has 0 aliphatic carbocycles. The maximum Gasteiger partial charge on any atom is 0.223 e. The Labute approximate surface area is 92.6 Å². The summed E-state index contributed by atoms with van der Waals surface area (Å²) in [7, 11) is 0. The monoisotopic (exact) mass is 265 g/mol. The van der Waals surface area contributed by atoms with Crippen LogP contribution in [-0.2, 0) is 4.79 Å². The Balaban J connectivity index is 2.37. The van der Waals surface area contributed by atoms with Gasteiger partial charge in [-0.15, -0.1) is 0 Å². The van der Waals surface area contributed by atoms with Gasteiger partial charge in [-0.1, -0.05) is 22.9 Å². The van der Waals surface area contributed by atoms with Gasteiger partial charge in [0.2, 0.25) is 5.91 Å². The molecule has 13 heavy (non-hydrogen) atoms. The average Bonchev–Trinajstić information content (AvgIpc) is 2.30. The molecule has 4 heteroatoms. The Kier molecular flexibility index (Phi) is 5.17. The Hall–Kier alpha value is 0.300. The van der Waals surface area contributed by atoms with Gasteiger partial charge in [-0.3, -0.25) is 4.79 Å². The number of nitrogens with zero attached hydrogens (tertiary/aromatic N) is 1. The minimum Gasteiger partial charge on any atom is -0.342 e. The van der Waals surface area contributed by atoms with Crippen molar-refractivity contribution in [1.82, 2.24) is 4.90 Å². The Morgan fingerprint density at radius 3 is 3.08 bits per heavy atom. The normalized spacial score (nSPS) is 24.2. The predicted octanol–water partition coefficient (Wildman–Crippen LogP) is 2.13. The second kappa shape index (κ2) is 5.91. The molecule has 1 rings (SSSR count). The number of amides is 1. The smallest absolute Gasteiger partial charge is 0.223 e. The van der Waals surface area contributed by atoms with E-state index in [1.54, 1.807) is 0 Å². The minimum atomic E-state index is 0.298. The van der Waals surface area contributed by atoms with Crippen molar-refractivity contribution in [3.8, 4) is 0 Å². The van der Waals surface area contributed by atoms with Crippen LogP contribution in [0, 0.1) is 0 Å². The summed E-state index contributed by atoms with van der Waals surface area (Å²) in [6.45, 7) is 4.12. The maximum atomic E-state index is 11.5. The lowest BCUT2D eigenvalue weighted by Gasteiger charge is -2.19. The molecule has 2 nitrogen and oxygen atoms in total. The molecule has 0 radical (unpaired) electrons. The van der Waals surface area contributed by atoms with E-state index in [4.69, 9.17) is 0 Å². The van der Waals surface area contributed by atoms with Gasteiger partial charge in [-0.05, 0) is 6.42 Å². The first-order valence-corrected chi connectivity index (χ1v) is 6.86. The summed E-state index contributed by atoms with van der Waals surface area (Å²) in [5, 5.41) is 1.49. The van der Waals surface area contributed by atoms with Gasteiger partial charge in [0.15, 0.2) is 0 Å². The number of hydrogen-bond acceptors (Lipinski definition) is 2. The summed E-state index contributed by atoms with van der Waals surface area (Å²) in [6.07, 6.45) is 1.78. The first kappa shape index (κ1) is 11.4.